The Morgan fingerprint density at radius 3 is 2.42 bits per heavy atom. The summed E-state index contributed by atoms with van der Waals surface area (Å²) < 4.78 is 4.73. The lowest BCUT2D eigenvalue weighted by Crippen LogP contribution is -2.07. The Balaban J connectivity index is 2.73. The van der Waals surface area contributed by atoms with Gasteiger partial charge in [-0.3, -0.25) is 4.79 Å². The molecule has 0 atom stereocenters. The molecule has 0 aliphatic carbocycles. The van der Waals surface area contributed by atoms with Crippen LogP contribution in [0.2, 0.25) is 0 Å². The molecule has 62 valence electrons. The fraction of sp³-hybridized carbons (Fsp3) is 0.111. The lowest BCUT2D eigenvalue weighted by Gasteiger charge is -2.01. The number of benzene rings is 1. The van der Waals surface area contributed by atoms with Gasteiger partial charge >= 0.3 is 5.97 Å². The van der Waals surface area contributed by atoms with E-state index >= 15 is 0 Å². The molecule has 1 aromatic rings. The van der Waals surface area contributed by atoms with Crippen LogP contribution < -0.4 is 0 Å². The van der Waals surface area contributed by atoms with E-state index in [1.54, 1.807) is 12.1 Å². The van der Waals surface area contributed by atoms with Gasteiger partial charge in [-0.1, -0.05) is 30.3 Å². The Bertz CT molecular complexity index is 293. The Morgan fingerprint density at radius 1 is 1.33 bits per heavy atom. The van der Waals surface area contributed by atoms with E-state index < -0.39 is 0 Å². The summed E-state index contributed by atoms with van der Waals surface area (Å²) >= 11 is 4.85. The quantitative estimate of drug-likeness (QED) is 0.488. The number of rotatable bonds is 1. The van der Waals surface area contributed by atoms with Crippen LogP contribution in [0, 0.1) is 0 Å². The molecule has 12 heavy (non-hydrogen) atoms. The number of carbonyl (C=O) groups excluding carboxylic acids is 1. The molecule has 0 N–H and O–H groups in total. The zero-order chi connectivity index (χ0) is 8.97. The second-order valence-electron chi connectivity index (χ2n) is 2.25. The molecule has 0 saturated carbocycles. The number of hydrogen-bond donors (Lipinski definition) is 0. The van der Waals surface area contributed by atoms with Crippen molar-refractivity contribution in [2.45, 2.75) is 6.92 Å². The number of thiocarbonyl (C=S) groups is 1. The highest BCUT2D eigenvalue weighted by Gasteiger charge is 2.02. The van der Waals surface area contributed by atoms with Gasteiger partial charge in [-0.2, -0.15) is 0 Å². The minimum absolute atomic E-state index is 0.225. The van der Waals surface area contributed by atoms with Crippen LogP contribution in [0.3, 0.4) is 0 Å². The summed E-state index contributed by atoms with van der Waals surface area (Å²) in [5.74, 6) is -0.385. The Morgan fingerprint density at radius 2 is 1.92 bits per heavy atom. The van der Waals surface area contributed by atoms with Crippen LogP contribution in [0.1, 0.15) is 12.5 Å². The van der Waals surface area contributed by atoms with Gasteiger partial charge in [0.1, 0.15) is 0 Å². The average Bonchev–Trinajstić information content (AvgIpc) is 2.05. The smallest absolute Gasteiger partial charge is 0.308 e. The van der Waals surface area contributed by atoms with Crippen LogP contribution in [0.5, 0.6) is 0 Å². The lowest BCUT2D eigenvalue weighted by atomic mass is 10.2. The summed E-state index contributed by atoms with van der Waals surface area (Å²) in [6.07, 6.45) is 0. The first-order valence-electron chi connectivity index (χ1n) is 3.48. The minimum Gasteiger partial charge on any atom is -0.414 e. The number of carbonyl (C=O) groups is 1. The van der Waals surface area contributed by atoms with Crippen molar-refractivity contribution in [2.24, 2.45) is 0 Å². The van der Waals surface area contributed by atoms with Crippen LogP contribution in [0.15, 0.2) is 30.3 Å². The van der Waals surface area contributed by atoms with Crippen LogP contribution >= 0.6 is 12.2 Å². The zero-order valence-corrected chi connectivity index (χ0v) is 7.43. The van der Waals surface area contributed by atoms with Crippen molar-refractivity contribution in [1.82, 2.24) is 0 Å². The van der Waals surface area contributed by atoms with Gasteiger partial charge in [0.15, 0.2) is 0 Å². The van der Waals surface area contributed by atoms with Gasteiger partial charge in [-0.15, -0.1) is 0 Å². The first kappa shape index (κ1) is 8.87. The predicted molar refractivity (Wildman–Crippen MR) is 49.9 cm³/mol. The first-order chi connectivity index (χ1) is 5.70. The second kappa shape index (κ2) is 3.97. The molecule has 2 nitrogen and oxygen atoms in total. The number of ether oxygens (including phenoxy) is 1. The third-order valence-corrected chi connectivity index (χ3v) is 1.56. The Hall–Kier alpha value is -1.22. The second-order valence-corrected chi connectivity index (χ2v) is 2.62. The van der Waals surface area contributed by atoms with Crippen molar-refractivity contribution in [3.63, 3.8) is 0 Å². The number of hydrogen-bond acceptors (Lipinski definition) is 3. The van der Waals surface area contributed by atoms with E-state index in [2.05, 4.69) is 0 Å². The van der Waals surface area contributed by atoms with E-state index in [4.69, 9.17) is 17.0 Å². The Kier molecular flexibility index (Phi) is 2.94. The molecular weight excluding hydrogens is 172 g/mol. The van der Waals surface area contributed by atoms with Gasteiger partial charge in [0.05, 0.1) is 0 Å². The van der Waals surface area contributed by atoms with Gasteiger partial charge in [-0.25, -0.2) is 0 Å². The molecule has 0 heterocycles. The van der Waals surface area contributed by atoms with E-state index in [1.165, 1.54) is 6.92 Å². The molecule has 0 saturated heterocycles. The fourth-order valence-corrected chi connectivity index (χ4v) is 1.02. The van der Waals surface area contributed by atoms with E-state index in [-0.39, 0.29) is 11.0 Å². The molecule has 0 spiro atoms. The molecular formula is C9H8O2S. The third kappa shape index (κ3) is 2.43. The van der Waals surface area contributed by atoms with Crippen LogP contribution in [-0.4, -0.2) is 11.0 Å². The first-order valence-corrected chi connectivity index (χ1v) is 3.89. The molecule has 0 unspecified atom stereocenters. The highest BCUT2D eigenvalue weighted by Crippen LogP contribution is 2.02. The summed E-state index contributed by atoms with van der Waals surface area (Å²) in [4.78, 5) is 10.5. The molecule has 1 rings (SSSR count). The zero-order valence-electron chi connectivity index (χ0n) is 6.61. The van der Waals surface area contributed by atoms with Crippen molar-refractivity contribution in [3.05, 3.63) is 35.9 Å². The standard InChI is InChI=1S/C9H8O2S/c1-7(10)11-9(12)8-5-3-2-4-6-8/h2-6H,1H3. The van der Waals surface area contributed by atoms with E-state index in [9.17, 15) is 4.79 Å². The lowest BCUT2D eigenvalue weighted by molar-refractivity contribution is -0.132. The van der Waals surface area contributed by atoms with Gasteiger partial charge in [0, 0.05) is 12.5 Å². The van der Waals surface area contributed by atoms with Crippen molar-refractivity contribution in [1.29, 1.82) is 0 Å². The topological polar surface area (TPSA) is 26.3 Å². The molecule has 1 aromatic carbocycles. The highest BCUT2D eigenvalue weighted by atomic mass is 32.1. The normalized spacial score (nSPS) is 9.08. The summed E-state index contributed by atoms with van der Waals surface area (Å²) in [5, 5.41) is 0.225. The SMILES string of the molecule is CC(=O)OC(=S)c1ccccc1. The molecule has 0 bridgehead atoms. The van der Waals surface area contributed by atoms with E-state index in [0.29, 0.717) is 0 Å². The summed E-state index contributed by atoms with van der Waals surface area (Å²) in [6.45, 7) is 1.33. The van der Waals surface area contributed by atoms with Crippen molar-refractivity contribution in [3.8, 4) is 0 Å². The molecule has 0 amide bonds. The predicted octanol–water partition coefficient (Wildman–Crippen LogP) is 1.93. The van der Waals surface area contributed by atoms with Crippen molar-refractivity contribution in [2.75, 3.05) is 0 Å². The van der Waals surface area contributed by atoms with Gasteiger partial charge in [0.25, 0.3) is 0 Å². The monoisotopic (exact) mass is 180 g/mol. The van der Waals surface area contributed by atoms with Gasteiger partial charge in [-0.05, 0) is 12.2 Å². The minimum atomic E-state index is -0.385. The third-order valence-electron chi connectivity index (χ3n) is 1.25. The molecule has 3 heteroatoms. The average molecular weight is 180 g/mol. The molecule has 0 aliphatic heterocycles. The maximum absolute atomic E-state index is 10.5. The van der Waals surface area contributed by atoms with Gasteiger partial charge < -0.3 is 4.74 Å². The van der Waals surface area contributed by atoms with Crippen molar-refractivity contribution >= 4 is 23.2 Å². The Labute approximate surface area is 76.2 Å². The van der Waals surface area contributed by atoms with E-state index in [1.807, 2.05) is 18.2 Å². The highest BCUT2D eigenvalue weighted by molar-refractivity contribution is 7.80. The number of esters is 1. The fourth-order valence-electron chi connectivity index (χ4n) is 0.764. The van der Waals surface area contributed by atoms with Crippen LogP contribution in [-0.2, 0) is 9.53 Å². The molecule has 0 aromatic heterocycles. The van der Waals surface area contributed by atoms with Crippen molar-refractivity contribution < 1.29 is 9.53 Å². The molecule has 0 radical (unpaired) electrons. The molecule has 0 aliphatic rings. The van der Waals surface area contributed by atoms with Crippen LogP contribution in [0.25, 0.3) is 0 Å². The summed E-state index contributed by atoms with van der Waals surface area (Å²) in [5.41, 5.74) is 0.753. The maximum Gasteiger partial charge on any atom is 0.308 e. The summed E-state index contributed by atoms with van der Waals surface area (Å²) in [7, 11) is 0. The largest absolute Gasteiger partial charge is 0.414 e. The maximum atomic E-state index is 10.5. The van der Waals surface area contributed by atoms with Crippen LogP contribution in [0.4, 0.5) is 0 Å². The summed E-state index contributed by atoms with van der Waals surface area (Å²) in [6, 6.07) is 9.15. The van der Waals surface area contributed by atoms with Gasteiger partial charge in [0.2, 0.25) is 5.05 Å². The molecule has 0 fully saturated rings. The van der Waals surface area contributed by atoms with E-state index in [0.717, 1.165) is 5.56 Å².